The quantitative estimate of drug-likeness (QED) is 0.846. The van der Waals surface area contributed by atoms with Gasteiger partial charge in [-0.25, -0.2) is 0 Å². The number of nitrogens with zero attached hydrogens (tertiary/aromatic N) is 2. The van der Waals surface area contributed by atoms with Gasteiger partial charge in [0.05, 0.1) is 24.6 Å². The van der Waals surface area contributed by atoms with E-state index in [1.807, 2.05) is 18.5 Å². The normalized spacial score (nSPS) is 15.5. The molecule has 0 spiro atoms. The minimum absolute atomic E-state index is 0.00949. The second kappa shape index (κ2) is 6.78. The molecule has 2 aromatic rings. The van der Waals surface area contributed by atoms with Crippen LogP contribution in [0.15, 0.2) is 36.7 Å². The Morgan fingerprint density at radius 2 is 1.76 bits per heavy atom. The summed E-state index contributed by atoms with van der Waals surface area (Å²) in [5.41, 5.74) is 4.34. The highest BCUT2D eigenvalue weighted by atomic mass is 16.7. The van der Waals surface area contributed by atoms with Crippen LogP contribution in [0.1, 0.15) is 24.0 Å². The molecule has 4 nitrogen and oxygen atoms in total. The molecule has 0 atom stereocenters. The summed E-state index contributed by atoms with van der Waals surface area (Å²) >= 11 is 0. The molecule has 1 fully saturated rings. The van der Waals surface area contributed by atoms with E-state index in [9.17, 15) is 0 Å². The fourth-order valence-corrected chi connectivity index (χ4v) is 2.49. The Morgan fingerprint density at radius 1 is 1.05 bits per heavy atom. The molecule has 1 aliphatic rings. The Balaban J connectivity index is 1.62. The Kier molecular flexibility index (Phi) is 4.58. The number of hydrogen-bond acceptors (Lipinski definition) is 4. The van der Waals surface area contributed by atoms with Gasteiger partial charge in [-0.05, 0) is 61.6 Å². The topological polar surface area (TPSA) is 44.2 Å². The van der Waals surface area contributed by atoms with Gasteiger partial charge >= 0.3 is 0 Å². The summed E-state index contributed by atoms with van der Waals surface area (Å²) in [6, 6.07) is 8.25. The standard InChI is InChI=1S/C17H20N2O2/c1-13-5-7-18-15(11-13)16-12-14(6-8-19-16)3-2-4-17-20-9-10-21-17/h5-8,11-12,17H,2-4,9-10H2,1H3. The molecule has 0 aliphatic carbocycles. The van der Waals surface area contributed by atoms with E-state index in [4.69, 9.17) is 9.47 Å². The third-order valence-corrected chi connectivity index (χ3v) is 3.60. The second-order valence-corrected chi connectivity index (χ2v) is 5.33. The van der Waals surface area contributed by atoms with E-state index in [1.165, 1.54) is 11.1 Å². The van der Waals surface area contributed by atoms with Crippen LogP contribution in [-0.2, 0) is 15.9 Å². The lowest BCUT2D eigenvalue weighted by molar-refractivity contribution is -0.0475. The molecule has 3 rings (SSSR count). The van der Waals surface area contributed by atoms with Crippen molar-refractivity contribution in [2.24, 2.45) is 0 Å². The zero-order valence-corrected chi connectivity index (χ0v) is 12.3. The third-order valence-electron chi connectivity index (χ3n) is 3.60. The van der Waals surface area contributed by atoms with Gasteiger partial charge in [-0.1, -0.05) is 0 Å². The van der Waals surface area contributed by atoms with Crippen molar-refractivity contribution in [2.75, 3.05) is 13.2 Å². The highest BCUT2D eigenvalue weighted by Gasteiger charge is 2.15. The molecule has 3 heterocycles. The van der Waals surface area contributed by atoms with E-state index in [-0.39, 0.29) is 6.29 Å². The first kappa shape index (κ1) is 14.2. The van der Waals surface area contributed by atoms with E-state index in [0.29, 0.717) is 0 Å². The molecule has 21 heavy (non-hydrogen) atoms. The fourth-order valence-electron chi connectivity index (χ4n) is 2.49. The third kappa shape index (κ3) is 3.86. The molecule has 4 heteroatoms. The van der Waals surface area contributed by atoms with Crippen LogP contribution in [-0.4, -0.2) is 29.5 Å². The van der Waals surface area contributed by atoms with Crippen molar-refractivity contribution in [1.82, 2.24) is 9.97 Å². The summed E-state index contributed by atoms with van der Waals surface area (Å²) in [6.45, 7) is 3.52. The monoisotopic (exact) mass is 284 g/mol. The SMILES string of the molecule is Cc1ccnc(-c2cc(CCCC3OCCO3)ccn2)c1. The van der Waals surface area contributed by atoms with Crippen molar-refractivity contribution in [2.45, 2.75) is 32.5 Å². The Bertz CT molecular complexity index is 595. The number of ether oxygens (including phenoxy) is 2. The van der Waals surface area contributed by atoms with Crippen LogP contribution in [0.4, 0.5) is 0 Å². The number of pyridine rings is 2. The minimum atomic E-state index is -0.00949. The van der Waals surface area contributed by atoms with E-state index >= 15 is 0 Å². The molecule has 0 unspecified atom stereocenters. The summed E-state index contributed by atoms with van der Waals surface area (Å²) in [5, 5.41) is 0. The van der Waals surface area contributed by atoms with E-state index in [2.05, 4.69) is 35.1 Å². The highest BCUT2D eigenvalue weighted by Crippen LogP contribution is 2.18. The van der Waals surface area contributed by atoms with Crippen LogP contribution in [0, 0.1) is 6.92 Å². The van der Waals surface area contributed by atoms with Crippen LogP contribution in [0.2, 0.25) is 0 Å². The average Bonchev–Trinajstić information content (AvgIpc) is 3.01. The van der Waals surface area contributed by atoms with Crippen molar-refractivity contribution >= 4 is 0 Å². The maximum absolute atomic E-state index is 5.45. The lowest BCUT2D eigenvalue weighted by atomic mass is 10.1. The number of aryl methyl sites for hydroxylation is 2. The highest BCUT2D eigenvalue weighted by molar-refractivity contribution is 5.55. The zero-order chi connectivity index (χ0) is 14.5. The van der Waals surface area contributed by atoms with Gasteiger partial charge in [0.15, 0.2) is 6.29 Å². The molecule has 1 aliphatic heterocycles. The van der Waals surface area contributed by atoms with Crippen LogP contribution >= 0.6 is 0 Å². The molecule has 110 valence electrons. The lowest BCUT2D eigenvalue weighted by Gasteiger charge is -2.09. The lowest BCUT2D eigenvalue weighted by Crippen LogP contribution is -2.07. The van der Waals surface area contributed by atoms with Crippen LogP contribution in [0.5, 0.6) is 0 Å². The summed E-state index contributed by atoms with van der Waals surface area (Å²) < 4.78 is 10.9. The van der Waals surface area contributed by atoms with Gasteiger partial charge in [0.25, 0.3) is 0 Å². The smallest absolute Gasteiger partial charge is 0.157 e. The predicted molar refractivity (Wildman–Crippen MR) is 80.8 cm³/mol. The van der Waals surface area contributed by atoms with Crippen molar-refractivity contribution in [1.29, 1.82) is 0 Å². The van der Waals surface area contributed by atoms with Crippen LogP contribution < -0.4 is 0 Å². The molecule has 0 bridgehead atoms. The predicted octanol–water partition coefficient (Wildman–Crippen LogP) is 3.15. The maximum atomic E-state index is 5.45. The first-order valence-corrected chi connectivity index (χ1v) is 7.42. The largest absolute Gasteiger partial charge is 0.350 e. The van der Waals surface area contributed by atoms with Gasteiger partial charge in [-0.2, -0.15) is 0 Å². The molecule has 2 aromatic heterocycles. The molecule has 0 aromatic carbocycles. The minimum Gasteiger partial charge on any atom is -0.350 e. The van der Waals surface area contributed by atoms with Gasteiger partial charge in [0.1, 0.15) is 0 Å². The maximum Gasteiger partial charge on any atom is 0.157 e. The van der Waals surface area contributed by atoms with Gasteiger partial charge < -0.3 is 9.47 Å². The number of aromatic nitrogens is 2. The Morgan fingerprint density at radius 3 is 2.52 bits per heavy atom. The number of rotatable bonds is 5. The summed E-state index contributed by atoms with van der Waals surface area (Å²) in [7, 11) is 0. The molecular weight excluding hydrogens is 264 g/mol. The molecule has 1 saturated heterocycles. The molecular formula is C17H20N2O2. The summed E-state index contributed by atoms with van der Waals surface area (Å²) in [6.07, 6.45) is 6.68. The Labute approximate surface area is 125 Å². The molecule has 0 N–H and O–H groups in total. The number of hydrogen-bond donors (Lipinski definition) is 0. The van der Waals surface area contributed by atoms with E-state index in [0.717, 1.165) is 43.9 Å². The van der Waals surface area contributed by atoms with Gasteiger partial charge in [-0.15, -0.1) is 0 Å². The zero-order valence-electron chi connectivity index (χ0n) is 12.3. The first-order valence-electron chi connectivity index (χ1n) is 7.42. The first-order chi connectivity index (χ1) is 10.3. The molecule has 0 amide bonds. The van der Waals surface area contributed by atoms with E-state index < -0.39 is 0 Å². The summed E-state index contributed by atoms with van der Waals surface area (Å²) in [5.74, 6) is 0. The molecule has 0 radical (unpaired) electrons. The molecule has 0 saturated carbocycles. The Hall–Kier alpha value is -1.78. The van der Waals surface area contributed by atoms with Crippen LogP contribution in [0.25, 0.3) is 11.4 Å². The van der Waals surface area contributed by atoms with Crippen molar-refractivity contribution in [3.63, 3.8) is 0 Å². The van der Waals surface area contributed by atoms with Crippen molar-refractivity contribution in [3.8, 4) is 11.4 Å². The average molecular weight is 284 g/mol. The second-order valence-electron chi connectivity index (χ2n) is 5.33. The van der Waals surface area contributed by atoms with Crippen LogP contribution in [0.3, 0.4) is 0 Å². The van der Waals surface area contributed by atoms with Crippen molar-refractivity contribution in [3.05, 3.63) is 47.8 Å². The summed E-state index contributed by atoms with van der Waals surface area (Å²) in [4.78, 5) is 8.82. The van der Waals surface area contributed by atoms with Crippen molar-refractivity contribution < 1.29 is 9.47 Å². The van der Waals surface area contributed by atoms with Gasteiger partial charge in [0.2, 0.25) is 0 Å². The van der Waals surface area contributed by atoms with Gasteiger partial charge in [-0.3, -0.25) is 9.97 Å². The van der Waals surface area contributed by atoms with Gasteiger partial charge in [0, 0.05) is 12.4 Å². The fraction of sp³-hybridized carbons (Fsp3) is 0.412. The van der Waals surface area contributed by atoms with E-state index in [1.54, 1.807) is 0 Å².